The van der Waals surface area contributed by atoms with Crippen molar-refractivity contribution in [1.29, 1.82) is 0 Å². The van der Waals surface area contributed by atoms with Crippen LogP contribution >= 0.6 is 0 Å². The van der Waals surface area contributed by atoms with Crippen molar-refractivity contribution in [3.63, 3.8) is 0 Å². The Balaban J connectivity index is 3.60. The number of carbonyl (C=O) groups excluding carboxylic acids is 1. The first kappa shape index (κ1) is 10.1. The van der Waals surface area contributed by atoms with E-state index in [9.17, 15) is 14.9 Å². The second kappa shape index (κ2) is 4.82. The summed E-state index contributed by atoms with van der Waals surface area (Å²) in [6.07, 6.45) is 0.832. The molecule has 4 heteroatoms. The van der Waals surface area contributed by atoms with Gasteiger partial charge in [-0.1, -0.05) is 13.8 Å². The molecule has 0 amide bonds. The van der Waals surface area contributed by atoms with Crippen molar-refractivity contribution in [2.75, 3.05) is 6.54 Å². The predicted octanol–water partition coefficient (Wildman–Crippen LogP) is 1.27. The Morgan fingerprint density at radius 2 is 2.18 bits per heavy atom. The van der Waals surface area contributed by atoms with Crippen molar-refractivity contribution in [1.82, 2.24) is 0 Å². The summed E-state index contributed by atoms with van der Waals surface area (Å²) < 4.78 is 0. The standard InChI is InChI=1S/C7H13NO3/c1-3-7(9)6(2)4-5-8(10)11/h6H,3-5H2,1-2H3/t6-/m0/s1. The third-order valence-corrected chi connectivity index (χ3v) is 1.64. The molecule has 0 spiro atoms. The molecule has 0 saturated carbocycles. The van der Waals surface area contributed by atoms with Crippen molar-refractivity contribution in [2.24, 2.45) is 5.92 Å². The summed E-state index contributed by atoms with van der Waals surface area (Å²) in [5, 5.41) is 9.91. The van der Waals surface area contributed by atoms with Gasteiger partial charge >= 0.3 is 0 Å². The Morgan fingerprint density at radius 3 is 2.55 bits per heavy atom. The minimum absolute atomic E-state index is 0.104. The molecule has 0 unspecified atom stereocenters. The highest BCUT2D eigenvalue weighted by Gasteiger charge is 2.12. The summed E-state index contributed by atoms with van der Waals surface area (Å²) in [5.41, 5.74) is 0. The molecular formula is C7H13NO3. The van der Waals surface area contributed by atoms with Gasteiger partial charge in [0.15, 0.2) is 0 Å². The van der Waals surface area contributed by atoms with E-state index in [-0.39, 0.29) is 23.2 Å². The Hall–Kier alpha value is -0.930. The summed E-state index contributed by atoms with van der Waals surface area (Å²) in [4.78, 5) is 20.4. The lowest BCUT2D eigenvalue weighted by Crippen LogP contribution is -2.14. The fourth-order valence-electron chi connectivity index (χ4n) is 0.809. The molecule has 64 valence electrons. The fraction of sp³-hybridized carbons (Fsp3) is 0.857. The van der Waals surface area contributed by atoms with Gasteiger partial charge in [0.1, 0.15) is 5.78 Å². The minimum atomic E-state index is -0.389. The van der Waals surface area contributed by atoms with Crippen molar-refractivity contribution < 1.29 is 9.72 Å². The zero-order valence-electron chi connectivity index (χ0n) is 6.87. The molecule has 0 aliphatic heterocycles. The molecule has 0 fully saturated rings. The highest BCUT2D eigenvalue weighted by Crippen LogP contribution is 2.05. The van der Waals surface area contributed by atoms with Crippen LogP contribution in [0.3, 0.4) is 0 Å². The van der Waals surface area contributed by atoms with E-state index in [1.54, 1.807) is 13.8 Å². The Kier molecular flexibility index (Phi) is 4.41. The highest BCUT2D eigenvalue weighted by molar-refractivity contribution is 5.80. The molecule has 0 N–H and O–H groups in total. The Labute approximate surface area is 65.7 Å². The summed E-state index contributed by atoms with van der Waals surface area (Å²) in [6, 6.07) is 0. The van der Waals surface area contributed by atoms with Crippen LogP contribution in [0.25, 0.3) is 0 Å². The maximum Gasteiger partial charge on any atom is 0.204 e. The van der Waals surface area contributed by atoms with Gasteiger partial charge in [0, 0.05) is 23.7 Å². The van der Waals surface area contributed by atoms with Crippen LogP contribution in [0, 0.1) is 16.0 Å². The molecule has 0 aliphatic rings. The SMILES string of the molecule is CCC(=O)[C@@H](C)CC[N+](=O)[O-]. The molecule has 0 rings (SSSR count). The van der Waals surface area contributed by atoms with E-state index in [0.717, 1.165) is 0 Å². The molecule has 0 saturated heterocycles. The monoisotopic (exact) mass is 159 g/mol. The lowest BCUT2D eigenvalue weighted by atomic mass is 10.0. The van der Waals surface area contributed by atoms with Crippen molar-refractivity contribution in [3.05, 3.63) is 10.1 Å². The number of nitrogens with zero attached hydrogens (tertiary/aromatic N) is 1. The lowest BCUT2D eigenvalue weighted by molar-refractivity contribution is -0.481. The van der Waals surface area contributed by atoms with E-state index in [0.29, 0.717) is 12.8 Å². The zero-order chi connectivity index (χ0) is 8.85. The first-order chi connectivity index (χ1) is 5.07. The Morgan fingerprint density at radius 1 is 1.64 bits per heavy atom. The average molecular weight is 159 g/mol. The largest absolute Gasteiger partial charge is 0.299 e. The van der Waals surface area contributed by atoms with Crippen LogP contribution < -0.4 is 0 Å². The topological polar surface area (TPSA) is 60.2 Å². The van der Waals surface area contributed by atoms with Gasteiger partial charge in [0.25, 0.3) is 0 Å². The van der Waals surface area contributed by atoms with Crippen LogP contribution in [0.5, 0.6) is 0 Å². The number of Topliss-reactive ketones (excluding diaryl/α,β-unsaturated/α-hetero) is 1. The molecule has 0 heterocycles. The van der Waals surface area contributed by atoms with Gasteiger partial charge in [-0.3, -0.25) is 14.9 Å². The van der Waals surface area contributed by atoms with Gasteiger partial charge in [-0.2, -0.15) is 0 Å². The van der Waals surface area contributed by atoms with Crippen molar-refractivity contribution in [3.8, 4) is 0 Å². The normalized spacial score (nSPS) is 12.5. The molecule has 0 radical (unpaired) electrons. The lowest BCUT2D eigenvalue weighted by Gasteiger charge is -2.04. The second-order valence-corrected chi connectivity index (χ2v) is 2.57. The highest BCUT2D eigenvalue weighted by atomic mass is 16.6. The zero-order valence-corrected chi connectivity index (χ0v) is 6.87. The maximum absolute atomic E-state index is 10.9. The maximum atomic E-state index is 10.9. The van der Waals surface area contributed by atoms with E-state index in [2.05, 4.69) is 0 Å². The third kappa shape index (κ3) is 4.47. The van der Waals surface area contributed by atoms with Crippen LogP contribution in [0.2, 0.25) is 0 Å². The first-order valence-electron chi connectivity index (χ1n) is 3.72. The molecule has 4 nitrogen and oxygen atoms in total. The van der Waals surface area contributed by atoms with Crippen LogP contribution in [0.15, 0.2) is 0 Å². The molecule has 1 atom stereocenters. The fourth-order valence-corrected chi connectivity index (χ4v) is 0.809. The first-order valence-corrected chi connectivity index (χ1v) is 3.72. The van der Waals surface area contributed by atoms with E-state index < -0.39 is 0 Å². The number of nitro groups is 1. The molecule has 0 aromatic heterocycles. The molecule has 0 aromatic rings. The van der Waals surface area contributed by atoms with Gasteiger partial charge in [0.2, 0.25) is 6.54 Å². The number of hydrogen-bond donors (Lipinski definition) is 0. The van der Waals surface area contributed by atoms with Gasteiger partial charge in [0.05, 0.1) is 0 Å². The molecule has 0 aliphatic carbocycles. The molecule has 0 aromatic carbocycles. The van der Waals surface area contributed by atoms with Crippen LogP contribution in [0.4, 0.5) is 0 Å². The van der Waals surface area contributed by atoms with E-state index in [1.165, 1.54) is 0 Å². The average Bonchev–Trinajstić information content (AvgIpc) is 1.98. The van der Waals surface area contributed by atoms with E-state index in [4.69, 9.17) is 0 Å². The van der Waals surface area contributed by atoms with Crippen LogP contribution in [-0.2, 0) is 4.79 Å². The molecule has 11 heavy (non-hydrogen) atoms. The van der Waals surface area contributed by atoms with Gasteiger partial charge < -0.3 is 0 Å². The smallest absolute Gasteiger partial charge is 0.204 e. The number of rotatable bonds is 5. The summed E-state index contributed by atoms with van der Waals surface area (Å²) in [6.45, 7) is 3.40. The van der Waals surface area contributed by atoms with Gasteiger partial charge in [-0.15, -0.1) is 0 Å². The minimum Gasteiger partial charge on any atom is -0.299 e. The number of ketones is 1. The third-order valence-electron chi connectivity index (χ3n) is 1.64. The van der Waals surface area contributed by atoms with Crippen LogP contribution in [0.1, 0.15) is 26.7 Å². The van der Waals surface area contributed by atoms with Crippen molar-refractivity contribution >= 4 is 5.78 Å². The summed E-state index contributed by atoms with van der Waals surface area (Å²) in [7, 11) is 0. The molecular weight excluding hydrogens is 146 g/mol. The second-order valence-electron chi connectivity index (χ2n) is 2.57. The van der Waals surface area contributed by atoms with E-state index >= 15 is 0 Å². The van der Waals surface area contributed by atoms with Gasteiger partial charge in [-0.05, 0) is 0 Å². The van der Waals surface area contributed by atoms with Crippen molar-refractivity contribution in [2.45, 2.75) is 26.7 Å². The van der Waals surface area contributed by atoms with Crippen LogP contribution in [-0.4, -0.2) is 17.3 Å². The van der Waals surface area contributed by atoms with Gasteiger partial charge in [-0.25, -0.2) is 0 Å². The number of hydrogen-bond acceptors (Lipinski definition) is 3. The quantitative estimate of drug-likeness (QED) is 0.448. The predicted molar refractivity (Wildman–Crippen MR) is 40.9 cm³/mol. The summed E-state index contributed by atoms with van der Waals surface area (Å²) in [5.74, 6) is -0.0581. The summed E-state index contributed by atoms with van der Waals surface area (Å²) >= 11 is 0. The number of carbonyl (C=O) groups is 1. The molecule has 0 bridgehead atoms. The Bertz CT molecular complexity index is 156. The van der Waals surface area contributed by atoms with E-state index in [1.807, 2.05) is 0 Å².